The molecule has 2 heteroatoms. The molecule has 0 bridgehead atoms. The number of hydrogen-bond donors (Lipinski definition) is 0. The van der Waals surface area contributed by atoms with Gasteiger partial charge in [0.05, 0.1) is 0 Å². The first-order chi connectivity index (χ1) is 13.8. The first-order valence-corrected chi connectivity index (χ1v) is 10.4. The summed E-state index contributed by atoms with van der Waals surface area (Å²) in [5.74, 6) is 0.943. The average Bonchev–Trinajstić information content (AvgIpc) is 2.79. The number of rotatable bonds is 5. The molecule has 0 aliphatic carbocycles. The summed E-state index contributed by atoms with van der Waals surface area (Å²) in [7, 11) is 0. The minimum absolute atomic E-state index is 0.468. The highest BCUT2D eigenvalue weighted by atomic mass is 35.5. The molecule has 4 aromatic carbocycles. The van der Waals surface area contributed by atoms with Crippen molar-refractivity contribution in [3.63, 3.8) is 0 Å². The van der Waals surface area contributed by atoms with E-state index in [1.54, 1.807) is 0 Å². The molecule has 0 aliphatic rings. The molecule has 0 amide bonds. The zero-order valence-corrected chi connectivity index (χ0v) is 16.9. The summed E-state index contributed by atoms with van der Waals surface area (Å²) in [5.41, 5.74) is 9.33. The topological polar surface area (TPSA) is 0 Å². The maximum atomic E-state index is 6.32. The van der Waals surface area contributed by atoms with Crippen molar-refractivity contribution in [1.29, 1.82) is 0 Å². The molecular formula is C26H20Cl2. The SMILES string of the molecule is ClCc1ccccc1-c1cccc(-c2ccccc2)c1-c1ccccc1CCl. The van der Waals surface area contributed by atoms with Crippen molar-refractivity contribution in [3.05, 3.63) is 108 Å². The van der Waals surface area contributed by atoms with Gasteiger partial charge in [-0.25, -0.2) is 0 Å². The van der Waals surface area contributed by atoms with Crippen LogP contribution >= 0.6 is 23.2 Å². The van der Waals surface area contributed by atoms with Crippen LogP contribution in [0.3, 0.4) is 0 Å². The van der Waals surface area contributed by atoms with Gasteiger partial charge in [0, 0.05) is 11.8 Å². The van der Waals surface area contributed by atoms with E-state index in [1.165, 1.54) is 22.3 Å². The minimum atomic E-state index is 0.468. The second-order valence-corrected chi connectivity index (χ2v) is 7.21. The van der Waals surface area contributed by atoms with Crippen molar-refractivity contribution in [2.45, 2.75) is 11.8 Å². The Balaban J connectivity index is 2.08. The van der Waals surface area contributed by atoms with E-state index in [4.69, 9.17) is 23.2 Å². The van der Waals surface area contributed by atoms with Crippen LogP contribution in [0.4, 0.5) is 0 Å². The second-order valence-electron chi connectivity index (χ2n) is 6.68. The number of alkyl halides is 2. The molecule has 0 aromatic heterocycles. The van der Waals surface area contributed by atoms with Crippen molar-refractivity contribution in [3.8, 4) is 33.4 Å². The zero-order valence-electron chi connectivity index (χ0n) is 15.4. The van der Waals surface area contributed by atoms with Gasteiger partial charge in [0.1, 0.15) is 0 Å². The largest absolute Gasteiger partial charge is 0.122 e. The highest BCUT2D eigenvalue weighted by Gasteiger charge is 2.17. The summed E-state index contributed by atoms with van der Waals surface area (Å²) in [5, 5.41) is 0. The molecule has 4 aromatic rings. The molecule has 0 unspecified atom stereocenters. The third-order valence-electron chi connectivity index (χ3n) is 5.03. The number of halogens is 2. The Kier molecular flexibility index (Phi) is 5.81. The third-order valence-corrected chi connectivity index (χ3v) is 5.61. The lowest BCUT2D eigenvalue weighted by molar-refractivity contribution is 1.38. The molecule has 0 atom stereocenters. The lowest BCUT2D eigenvalue weighted by Gasteiger charge is -2.19. The van der Waals surface area contributed by atoms with Crippen LogP contribution in [0, 0.1) is 0 Å². The quantitative estimate of drug-likeness (QED) is 0.295. The summed E-state index contributed by atoms with van der Waals surface area (Å²) in [6.07, 6.45) is 0. The third kappa shape index (κ3) is 3.58. The van der Waals surface area contributed by atoms with Crippen molar-refractivity contribution >= 4 is 23.2 Å². The van der Waals surface area contributed by atoms with E-state index in [0.717, 1.165) is 22.3 Å². The minimum Gasteiger partial charge on any atom is -0.122 e. The van der Waals surface area contributed by atoms with Crippen molar-refractivity contribution < 1.29 is 0 Å². The summed E-state index contributed by atoms with van der Waals surface area (Å²) in [6.45, 7) is 0. The van der Waals surface area contributed by atoms with Crippen molar-refractivity contribution in [2.24, 2.45) is 0 Å². The fraction of sp³-hybridized carbons (Fsp3) is 0.0769. The standard InChI is InChI=1S/C26H20Cl2/c27-17-20-11-4-6-13-22(20)25-16-8-15-23(19-9-2-1-3-10-19)26(25)24-14-7-5-12-21(24)18-28/h1-16H,17-18H2. The fourth-order valence-electron chi connectivity index (χ4n) is 3.71. The predicted molar refractivity (Wildman–Crippen MR) is 122 cm³/mol. The van der Waals surface area contributed by atoms with E-state index >= 15 is 0 Å². The van der Waals surface area contributed by atoms with Crippen LogP contribution in [0.15, 0.2) is 97.1 Å². The van der Waals surface area contributed by atoms with Crippen LogP contribution in [0.1, 0.15) is 11.1 Å². The molecule has 0 saturated heterocycles. The normalized spacial score (nSPS) is 10.8. The molecule has 0 aliphatic heterocycles. The molecule has 0 heterocycles. The Morgan fingerprint density at radius 1 is 0.429 bits per heavy atom. The molecule has 28 heavy (non-hydrogen) atoms. The van der Waals surface area contributed by atoms with E-state index in [9.17, 15) is 0 Å². The van der Waals surface area contributed by atoms with Gasteiger partial charge >= 0.3 is 0 Å². The summed E-state index contributed by atoms with van der Waals surface area (Å²) in [6, 6.07) is 33.7. The predicted octanol–water partition coefficient (Wildman–Crippen LogP) is 8.17. The van der Waals surface area contributed by atoms with E-state index in [-0.39, 0.29) is 0 Å². The maximum Gasteiger partial charge on any atom is 0.0480 e. The van der Waals surface area contributed by atoms with Crippen LogP contribution < -0.4 is 0 Å². The van der Waals surface area contributed by atoms with E-state index in [0.29, 0.717) is 11.8 Å². The van der Waals surface area contributed by atoms with Gasteiger partial charge in [0.25, 0.3) is 0 Å². The van der Waals surface area contributed by atoms with Crippen LogP contribution in [0.2, 0.25) is 0 Å². The zero-order chi connectivity index (χ0) is 19.3. The van der Waals surface area contributed by atoms with Crippen molar-refractivity contribution in [1.82, 2.24) is 0 Å². The van der Waals surface area contributed by atoms with Crippen LogP contribution in [-0.4, -0.2) is 0 Å². The van der Waals surface area contributed by atoms with E-state index in [1.807, 2.05) is 18.2 Å². The Labute approximate surface area is 176 Å². The monoisotopic (exact) mass is 402 g/mol. The highest BCUT2D eigenvalue weighted by molar-refractivity contribution is 6.18. The molecule has 0 saturated carbocycles. The first kappa shape index (κ1) is 18.8. The summed E-state index contributed by atoms with van der Waals surface area (Å²) < 4.78 is 0. The summed E-state index contributed by atoms with van der Waals surface area (Å²) in [4.78, 5) is 0. The molecule has 0 nitrogen and oxygen atoms in total. The van der Waals surface area contributed by atoms with Crippen LogP contribution in [0.5, 0.6) is 0 Å². The molecule has 0 spiro atoms. The lowest BCUT2D eigenvalue weighted by atomic mass is 9.85. The van der Waals surface area contributed by atoms with Gasteiger partial charge in [-0.1, -0.05) is 97.1 Å². The Bertz CT molecular complexity index is 1080. The molecule has 0 N–H and O–H groups in total. The van der Waals surface area contributed by atoms with Gasteiger partial charge in [-0.3, -0.25) is 0 Å². The van der Waals surface area contributed by atoms with Crippen LogP contribution in [0.25, 0.3) is 33.4 Å². The number of hydrogen-bond acceptors (Lipinski definition) is 0. The van der Waals surface area contributed by atoms with Gasteiger partial charge in [-0.15, -0.1) is 23.2 Å². The lowest BCUT2D eigenvalue weighted by Crippen LogP contribution is -1.95. The van der Waals surface area contributed by atoms with Gasteiger partial charge in [0.2, 0.25) is 0 Å². The average molecular weight is 403 g/mol. The number of benzene rings is 4. The molecule has 0 fully saturated rings. The van der Waals surface area contributed by atoms with Gasteiger partial charge in [-0.05, 0) is 44.5 Å². The summed E-state index contributed by atoms with van der Waals surface area (Å²) >= 11 is 12.6. The molecule has 138 valence electrons. The Hall–Kier alpha value is -2.54. The van der Waals surface area contributed by atoms with Crippen molar-refractivity contribution in [2.75, 3.05) is 0 Å². The first-order valence-electron chi connectivity index (χ1n) is 9.30. The molecule has 0 radical (unpaired) electrons. The Morgan fingerprint density at radius 2 is 0.929 bits per heavy atom. The van der Waals surface area contributed by atoms with Gasteiger partial charge in [-0.2, -0.15) is 0 Å². The van der Waals surface area contributed by atoms with E-state index < -0.39 is 0 Å². The van der Waals surface area contributed by atoms with Gasteiger partial charge in [0.15, 0.2) is 0 Å². The van der Waals surface area contributed by atoms with Crippen LogP contribution in [-0.2, 0) is 11.8 Å². The smallest absolute Gasteiger partial charge is 0.0480 e. The Morgan fingerprint density at radius 3 is 1.61 bits per heavy atom. The second kappa shape index (κ2) is 8.65. The molecular weight excluding hydrogens is 383 g/mol. The fourth-order valence-corrected chi connectivity index (χ4v) is 4.17. The maximum absolute atomic E-state index is 6.32. The highest BCUT2D eigenvalue weighted by Crippen LogP contribution is 2.42. The van der Waals surface area contributed by atoms with Gasteiger partial charge < -0.3 is 0 Å². The van der Waals surface area contributed by atoms with E-state index in [2.05, 4.69) is 78.9 Å². The molecule has 4 rings (SSSR count).